The van der Waals surface area contributed by atoms with Crippen molar-refractivity contribution in [1.82, 2.24) is 4.31 Å². The highest BCUT2D eigenvalue weighted by atomic mass is 32.2. The van der Waals surface area contributed by atoms with Crippen LogP contribution in [-0.2, 0) is 24.1 Å². The van der Waals surface area contributed by atoms with Gasteiger partial charge in [0.15, 0.2) is 0 Å². The van der Waals surface area contributed by atoms with Gasteiger partial charge in [0, 0.05) is 17.9 Å². The summed E-state index contributed by atoms with van der Waals surface area (Å²) in [4.78, 5) is 11.2. The zero-order valence-electron chi connectivity index (χ0n) is 15.4. The van der Waals surface area contributed by atoms with E-state index < -0.39 is 40.2 Å². The number of nitrogens with zero attached hydrogens (tertiary/aromatic N) is 1. The second-order valence-corrected chi connectivity index (χ2v) is 11.1. The van der Waals surface area contributed by atoms with Crippen molar-refractivity contribution in [2.45, 2.75) is 55.9 Å². The highest BCUT2D eigenvalue weighted by molar-refractivity contribution is 7.91. The first-order valence-corrected chi connectivity index (χ1v) is 10.9. The highest BCUT2D eigenvalue weighted by Gasteiger charge is 2.52. The molecule has 0 amide bonds. The number of aliphatic carboxylic acids is 1. The number of sulfonamides is 1. The van der Waals surface area contributed by atoms with Crippen molar-refractivity contribution in [1.29, 1.82) is 0 Å². The molecule has 7 nitrogen and oxygen atoms in total. The van der Waals surface area contributed by atoms with Crippen LogP contribution in [0.25, 0.3) is 0 Å². The quantitative estimate of drug-likeness (QED) is 0.770. The lowest BCUT2D eigenvalue weighted by Gasteiger charge is -2.32. The van der Waals surface area contributed by atoms with Crippen LogP contribution >= 0.6 is 11.3 Å². The van der Waals surface area contributed by atoms with Gasteiger partial charge in [-0.2, -0.15) is 4.31 Å². The molecule has 2 saturated heterocycles. The molecule has 0 aliphatic carbocycles. The maximum atomic E-state index is 12.9. The molecule has 2 aliphatic heterocycles. The average molecular weight is 401 g/mol. The van der Waals surface area contributed by atoms with Crippen molar-refractivity contribution in [2.24, 2.45) is 5.92 Å². The molecule has 1 aromatic heterocycles. The van der Waals surface area contributed by atoms with Gasteiger partial charge in [-0.1, -0.05) is 6.07 Å². The molecule has 0 saturated carbocycles. The lowest BCUT2D eigenvalue weighted by Crippen LogP contribution is -2.42. The van der Waals surface area contributed by atoms with Crippen LogP contribution in [0.4, 0.5) is 0 Å². The standard InChI is InChI=1S/C16H24BNO6S2/c1-15(2)16(3,4)24-17(23-15)12-7-8-13(25-12)26(21,22)18-9-5-6-11(10-18)14(19)20/h7-8,11H,5-6,9-10H2,1-4H3,(H,19,20). The SMILES string of the molecule is CC1(C)OB(c2ccc(S(=O)(=O)N3CCCC(C(=O)O)C3)s2)OC1(C)C. The zero-order chi connectivity index (χ0) is 19.3. The molecule has 1 atom stereocenters. The summed E-state index contributed by atoms with van der Waals surface area (Å²) in [7, 11) is -4.33. The monoisotopic (exact) mass is 401 g/mol. The molecular formula is C16H24BNO6S2. The Bertz CT molecular complexity index is 787. The summed E-state index contributed by atoms with van der Waals surface area (Å²) in [5.74, 6) is -1.60. The van der Waals surface area contributed by atoms with Crippen LogP contribution in [0.5, 0.6) is 0 Å². The third-order valence-electron chi connectivity index (χ3n) is 5.42. The van der Waals surface area contributed by atoms with Gasteiger partial charge in [0.2, 0.25) is 0 Å². The van der Waals surface area contributed by atoms with Gasteiger partial charge in [0.05, 0.1) is 17.1 Å². The smallest absolute Gasteiger partial charge is 0.481 e. The summed E-state index contributed by atoms with van der Waals surface area (Å²) < 4.78 is 39.9. The van der Waals surface area contributed by atoms with Gasteiger partial charge in [-0.25, -0.2) is 8.42 Å². The molecule has 26 heavy (non-hydrogen) atoms. The van der Waals surface area contributed by atoms with Crippen LogP contribution in [0.2, 0.25) is 0 Å². The maximum Gasteiger partial charge on any atom is 0.505 e. The van der Waals surface area contributed by atoms with E-state index in [2.05, 4.69) is 0 Å². The van der Waals surface area contributed by atoms with Crippen LogP contribution in [0.3, 0.4) is 0 Å². The molecule has 144 valence electrons. The van der Waals surface area contributed by atoms with E-state index in [9.17, 15) is 18.3 Å². The number of hydrogen-bond donors (Lipinski definition) is 1. The molecule has 0 bridgehead atoms. The van der Waals surface area contributed by atoms with E-state index in [1.165, 1.54) is 4.31 Å². The van der Waals surface area contributed by atoms with Crippen LogP contribution in [0.15, 0.2) is 16.3 Å². The molecular weight excluding hydrogens is 377 g/mol. The van der Waals surface area contributed by atoms with Crippen molar-refractivity contribution in [2.75, 3.05) is 13.1 Å². The summed E-state index contributed by atoms with van der Waals surface area (Å²) in [6.45, 7) is 8.13. The normalized spacial score (nSPS) is 26.2. The fourth-order valence-electron chi connectivity index (χ4n) is 3.05. The molecule has 0 spiro atoms. The Labute approximate surface area is 158 Å². The van der Waals surface area contributed by atoms with Gasteiger partial charge >= 0.3 is 13.1 Å². The van der Waals surface area contributed by atoms with Crippen molar-refractivity contribution < 1.29 is 27.6 Å². The Morgan fingerprint density at radius 3 is 2.46 bits per heavy atom. The minimum atomic E-state index is -3.72. The number of rotatable bonds is 4. The third kappa shape index (κ3) is 3.45. The van der Waals surface area contributed by atoms with Gasteiger partial charge in [-0.05, 0) is 46.6 Å². The van der Waals surface area contributed by atoms with Crippen LogP contribution in [0, 0.1) is 5.92 Å². The lowest BCUT2D eigenvalue weighted by atomic mass is 9.88. The van der Waals surface area contributed by atoms with E-state index >= 15 is 0 Å². The van der Waals surface area contributed by atoms with Crippen molar-refractivity contribution in [3.05, 3.63) is 12.1 Å². The first-order chi connectivity index (χ1) is 11.9. The van der Waals surface area contributed by atoms with Gasteiger partial charge < -0.3 is 14.4 Å². The highest BCUT2D eigenvalue weighted by Crippen LogP contribution is 2.37. The van der Waals surface area contributed by atoms with Crippen LogP contribution in [0.1, 0.15) is 40.5 Å². The zero-order valence-corrected chi connectivity index (χ0v) is 17.0. The fraction of sp³-hybridized carbons (Fsp3) is 0.688. The number of hydrogen-bond acceptors (Lipinski definition) is 6. The van der Waals surface area contributed by atoms with E-state index in [0.29, 0.717) is 24.2 Å². The molecule has 10 heteroatoms. The predicted molar refractivity (Wildman–Crippen MR) is 99.2 cm³/mol. The van der Waals surface area contributed by atoms with Gasteiger partial charge in [-0.3, -0.25) is 4.79 Å². The molecule has 1 unspecified atom stereocenters. The van der Waals surface area contributed by atoms with E-state index in [-0.39, 0.29) is 10.8 Å². The Morgan fingerprint density at radius 1 is 1.27 bits per heavy atom. The topological polar surface area (TPSA) is 93.1 Å². The molecule has 0 aromatic carbocycles. The minimum absolute atomic E-state index is 0.0153. The molecule has 1 N–H and O–H groups in total. The first kappa shape index (κ1) is 19.8. The van der Waals surface area contributed by atoms with Crippen molar-refractivity contribution in [3.8, 4) is 0 Å². The molecule has 3 heterocycles. The summed E-state index contributed by atoms with van der Waals surface area (Å²) in [5, 5.41) is 9.19. The number of carbonyl (C=O) groups is 1. The van der Waals surface area contributed by atoms with Crippen LogP contribution in [-0.4, -0.2) is 55.2 Å². The minimum Gasteiger partial charge on any atom is -0.481 e. The Morgan fingerprint density at radius 2 is 1.88 bits per heavy atom. The number of carboxylic acid groups (broad SMARTS) is 1. The predicted octanol–water partition coefficient (Wildman–Crippen LogP) is 1.53. The van der Waals surface area contributed by atoms with Gasteiger partial charge in [0.25, 0.3) is 10.0 Å². The largest absolute Gasteiger partial charge is 0.505 e. The summed E-state index contributed by atoms with van der Waals surface area (Å²) >= 11 is 1.11. The second kappa shape index (κ2) is 6.59. The average Bonchev–Trinajstić information content (AvgIpc) is 3.11. The van der Waals surface area contributed by atoms with E-state index in [0.717, 1.165) is 11.3 Å². The third-order valence-corrected chi connectivity index (χ3v) is 8.85. The first-order valence-electron chi connectivity index (χ1n) is 8.62. The molecule has 2 fully saturated rings. The van der Waals surface area contributed by atoms with Crippen LogP contribution < -0.4 is 4.78 Å². The molecule has 3 rings (SSSR count). The van der Waals surface area contributed by atoms with E-state index in [1.54, 1.807) is 12.1 Å². The Hall–Kier alpha value is -0.935. The Balaban J connectivity index is 1.80. The number of piperidine rings is 1. The van der Waals surface area contributed by atoms with Crippen molar-refractivity contribution >= 4 is 39.2 Å². The number of carboxylic acids is 1. The van der Waals surface area contributed by atoms with Crippen molar-refractivity contribution in [3.63, 3.8) is 0 Å². The Kier molecular flexibility index (Phi) is 5.03. The summed E-state index contributed by atoms with van der Waals surface area (Å²) in [5.41, 5.74) is -0.995. The number of thiophene rings is 1. The second-order valence-electron chi connectivity index (χ2n) is 7.79. The lowest BCUT2D eigenvalue weighted by molar-refractivity contribution is -0.142. The summed E-state index contributed by atoms with van der Waals surface area (Å²) in [6, 6.07) is 3.25. The molecule has 2 aliphatic rings. The molecule has 0 radical (unpaired) electrons. The summed E-state index contributed by atoms with van der Waals surface area (Å²) in [6.07, 6.45) is 1.05. The maximum absolute atomic E-state index is 12.9. The van der Waals surface area contributed by atoms with Gasteiger partial charge in [-0.15, -0.1) is 11.3 Å². The van der Waals surface area contributed by atoms with Gasteiger partial charge in [0.1, 0.15) is 4.21 Å². The fourth-order valence-corrected chi connectivity index (χ4v) is 6.01. The van der Waals surface area contributed by atoms with E-state index in [4.69, 9.17) is 9.31 Å². The van der Waals surface area contributed by atoms with E-state index in [1.807, 2.05) is 27.7 Å². The molecule has 1 aromatic rings.